The third-order valence-electron chi connectivity index (χ3n) is 5.22. The first-order chi connectivity index (χ1) is 15.3. The quantitative estimate of drug-likeness (QED) is 0.391. The second kappa shape index (κ2) is 10.8. The standard InChI is InChI=1S/C26H27Cl2NO3/c1-5-31-24-9-7-19(26(30)29-14-20-6-8-22(27)13-23(20)28)12-21(24)15-32-25-11-16(2)10-17(3)18(25)4/h6-13H,5,14-15H2,1-4H3,(H,29,30). The van der Waals surface area contributed by atoms with Gasteiger partial charge in [0.1, 0.15) is 18.1 Å². The summed E-state index contributed by atoms with van der Waals surface area (Å²) in [6, 6.07) is 14.7. The fraction of sp³-hybridized carbons (Fsp3) is 0.269. The lowest BCUT2D eigenvalue weighted by molar-refractivity contribution is 0.0950. The van der Waals surface area contributed by atoms with Gasteiger partial charge in [-0.3, -0.25) is 4.79 Å². The van der Waals surface area contributed by atoms with Crippen LogP contribution in [0.15, 0.2) is 48.5 Å². The minimum absolute atomic E-state index is 0.206. The molecule has 6 heteroatoms. The van der Waals surface area contributed by atoms with Crippen LogP contribution in [0.2, 0.25) is 10.0 Å². The van der Waals surface area contributed by atoms with Gasteiger partial charge in [0.25, 0.3) is 5.91 Å². The molecule has 0 fully saturated rings. The van der Waals surface area contributed by atoms with Crippen LogP contribution < -0.4 is 14.8 Å². The molecule has 0 aliphatic heterocycles. The number of amides is 1. The minimum atomic E-state index is -0.206. The molecule has 3 rings (SSSR count). The first-order valence-corrected chi connectivity index (χ1v) is 11.2. The van der Waals surface area contributed by atoms with Gasteiger partial charge >= 0.3 is 0 Å². The monoisotopic (exact) mass is 471 g/mol. The molecule has 0 heterocycles. The van der Waals surface area contributed by atoms with E-state index in [1.165, 1.54) is 5.56 Å². The van der Waals surface area contributed by atoms with Gasteiger partial charge in [-0.05, 0) is 86.3 Å². The zero-order chi connectivity index (χ0) is 23.3. The third kappa shape index (κ3) is 5.96. The Bertz CT molecular complexity index is 1130. The van der Waals surface area contributed by atoms with Gasteiger partial charge in [0, 0.05) is 27.7 Å². The Morgan fingerprint density at radius 1 is 0.906 bits per heavy atom. The zero-order valence-electron chi connectivity index (χ0n) is 18.7. The number of hydrogen-bond donors (Lipinski definition) is 1. The fourth-order valence-corrected chi connectivity index (χ4v) is 3.85. The molecule has 0 aliphatic carbocycles. The van der Waals surface area contributed by atoms with Gasteiger partial charge in [-0.15, -0.1) is 0 Å². The van der Waals surface area contributed by atoms with Gasteiger partial charge in [0.05, 0.1) is 6.61 Å². The van der Waals surface area contributed by atoms with Crippen molar-refractivity contribution in [2.24, 2.45) is 0 Å². The second-order valence-electron chi connectivity index (χ2n) is 7.67. The molecule has 1 amide bonds. The maximum absolute atomic E-state index is 12.8. The number of halogens is 2. The van der Waals surface area contributed by atoms with E-state index in [2.05, 4.69) is 18.3 Å². The van der Waals surface area contributed by atoms with E-state index in [1.54, 1.807) is 30.3 Å². The van der Waals surface area contributed by atoms with Crippen LogP contribution in [0.5, 0.6) is 11.5 Å². The lowest BCUT2D eigenvalue weighted by atomic mass is 10.1. The predicted molar refractivity (Wildman–Crippen MR) is 130 cm³/mol. The van der Waals surface area contributed by atoms with Gasteiger partial charge in [0.15, 0.2) is 0 Å². The van der Waals surface area contributed by atoms with Gasteiger partial charge < -0.3 is 14.8 Å². The summed E-state index contributed by atoms with van der Waals surface area (Å²) in [5.74, 6) is 1.33. The van der Waals surface area contributed by atoms with Crippen LogP contribution >= 0.6 is 23.2 Å². The maximum atomic E-state index is 12.8. The number of rotatable bonds is 8. The van der Waals surface area contributed by atoms with Crippen molar-refractivity contribution in [3.63, 3.8) is 0 Å². The van der Waals surface area contributed by atoms with Crippen molar-refractivity contribution in [2.75, 3.05) is 6.61 Å². The smallest absolute Gasteiger partial charge is 0.251 e. The average molecular weight is 472 g/mol. The van der Waals surface area contributed by atoms with E-state index >= 15 is 0 Å². The van der Waals surface area contributed by atoms with Gasteiger partial charge in [-0.25, -0.2) is 0 Å². The van der Waals surface area contributed by atoms with E-state index in [9.17, 15) is 4.79 Å². The topological polar surface area (TPSA) is 47.6 Å². The fourth-order valence-electron chi connectivity index (χ4n) is 3.38. The molecular formula is C26H27Cl2NO3. The van der Waals surface area contributed by atoms with Crippen LogP contribution in [0.4, 0.5) is 0 Å². The summed E-state index contributed by atoms with van der Waals surface area (Å²) in [5, 5.41) is 3.98. The highest BCUT2D eigenvalue weighted by molar-refractivity contribution is 6.35. The molecule has 3 aromatic rings. The van der Waals surface area contributed by atoms with E-state index in [4.69, 9.17) is 32.7 Å². The van der Waals surface area contributed by atoms with Gasteiger partial charge in [-0.2, -0.15) is 0 Å². The molecule has 0 saturated carbocycles. The molecule has 1 N–H and O–H groups in total. The van der Waals surface area contributed by atoms with Crippen LogP contribution in [-0.4, -0.2) is 12.5 Å². The van der Waals surface area contributed by atoms with Crippen molar-refractivity contribution in [2.45, 2.75) is 40.8 Å². The van der Waals surface area contributed by atoms with E-state index in [1.807, 2.05) is 32.9 Å². The summed E-state index contributed by atoms with van der Waals surface area (Å²) in [5.41, 5.74) is 5.55. The SMILES string of the molecule is CCOc1ccc(C(=O)NCc2ccc(Cl)cc2Cl)cc1COc1cc(C)cc(C)c1C. The molecule has 168 valence electrons. The molecule has 0 unspecified atom stereocenters. The molecule has 0 aliphatic rings. The Balaban J connectivity index is 1.77. The Labute approximate surface area is 199 Å². The van der Waals surface area contributed by atoms with Crippen molar-refractivity contribution in [1.82, 2.24) is 5.32 Å². The van der Waals surface area contributed by atoms with Crippen molar-refractivity contribution >= 4 is 29.1 Å². The average Bonchev–Trinajstić information content (AvgIpc) is 2.75. The lowest BCUT2D eigenvalue weighted by Crippen LogP contribution is -2.23. The molecule has 32 heavy (non-hydrogen) atoms. The molecule has 0 aromatic heterocycles. The molecule has 0 atom stereocenters. The highest BCUT2D eigenvalue weighted by Crippen LogP contribution is 2.27. The first kappa shape index (κ1) is 24.0. The predicted octanol–water partition coefficient (Wildman–Crippen LogP) is 6.83. The molecular weight excluding hydrogens is 445 g/mol. The Hall–Kier alpha value is -2.69. The number of carbonyl (C=O) groups is 1. The Morgan fingerprint density at radius 2 is 1.69 bits per heavy atom. The summed E-state index contributed by atoms with van der Waals surface area (Å²) < 4.78 is 11.9. The van der Waals surface area contributed by atoms with Crippen molar-refractivity contribution in [1.29, 1.82) is 0 Å². The number of ether oxygens (including phenoxy) is 2. The van der Waals surface area contributed by atoms with Gasteiger partial charge in [0.2, 0.25) is 0 Å². The van der Waals surface area contributed by atoms with Crippen molar-refractivity contribution in [3.05, 3.63) is 92.0 Å². The second-order valence-corrected chi connectivity index (χ2v) is 8.51. The largest absolute Gasteiger partial charge is 0.493 e. The Morgan fingerprint density at radius 3 is 2.41 bits per heavy atom. The van der Waals surface area contributed by atoms with E-state index in [-0.39, 0.29) is 5.91 Å². The third-order valence-corrected chi connectivity index (χ3v) is 5.81. The van der Waals surface area contributed by atoms with Gasteiger partial charge in [-0.1, -0.05) is 35.3 Å². The summed E-state index contributed by atoms with van der Waals surface area (Å²) in [7, 11) is 0. The van der Waals surface area contributed by atoms with E-state index in [0.717, 1.165) is 28.0 Å². The van der Waals surface area contributed by atoms with Crippen LogP contribution in [0.1, 0.15) is 45.1 Å². The molecule has 0 radical (unpaired) electrons. The van der Waals surface area contributed by atoms with Crippen molar-refractivity contribution < 1.29 is 14.3 Å². The number of carbonyl (C=O) groups excluding carboxylic acids is 1. The zero-order valence-corrected chi connectivity index (χ0v) is 20.2. The highest BCUT2D eigenvalue weighted by atomic mass is 35.5. The van der Waals surface area contributed by atoms with E-state index < -0.39 is 0 Å². The molecule has 0 saturated heterocycles. The highest BCUT2D eigenvalue weighted by Gasteiger charge is 2.13. The van der Waals surface area contributed by atoms with Crippen molar-refractivity contribution in [3.8, 4) is 11.5 Å². The van der Waals surface area contributed by atoms with Crippen LogP contribution in [-0.2, 0) is 13.2 Å². The van der Waals surface area contributed by atoms with E-state index in [0.29, 0.717) is 41.1 Å². The molecule has 4 nitrogen and oxygen atoms in total. The summed E-state index contributed by atoms with van der Waals surface area (Å²) >= 11 is 12.1. The number of hydrogen-bond acceptors (Lipinski definition) is 3. The lowest BCUT2D eigenvalue weighted by Gasteiger charge is -2.16. The molecule has 3 aromatic carbocycles. The molecule has 0 bridgehead atoms. The van der Waals surface area contributed by atoms with Crippen LogP contribution in [0, 0.1) is 20.8 Å². The summed E-state index contributed by atoms with van der Waals surface area (Å²) in [4.78, 5) is 12.8. The van der Waals surface area contributed by atoms with Crippen LogP contribution in [0.3, 0.4) is 0 Å². The summed E-state index contributed by atoms with van der Waals surface area (Å²) in [6.45, 7) is 9.20. The molecule has 0 spiro atoms. The minimum Gasteiger partial charge on any atom is -0.493 e. The number of benzene rings is 3. The number of aryl methyl sites for hydroxylation is 2. The van der Waals surface area contributed by atoms with Crippen LogP contribution in [0.25, 0.3) is 0 Å². The normalized spacial score (nSPS) is 10.7. The Kier molecular flexibility index (Phi) is 8.05. The number of nitrogens with one attached hydrogen (secondary N) is 1. The first-order valence-electron chi connectivity index (χ1n) is 10.5. The summed E-state index contributed by atoms with van der Waals surface area (Å²) in [6.07, 6.45) is 0. The maximum Gasteiger partial charge on any atom is 0.251 e.